The van der Waals surface area contributed by atoms with Crippen molar-refractivity contribution in [2.75, 3.05) is 11.9 Å². The van der Waals surface area contributed by atoms with Crippen molar-refractivity contribution in [3.05, 3.63) is 50.4 Å². The first-order valence-electron chi connectivity index (χ1n) is 8.39. The maximum absolute atomic E-state index is 12.7. The maximum Gasteiger partial charge on any atom is 0.341 e. The molecule has 0 fully saturated rings. The molecule has 1 aromatic heterocycles. The Labute approximate surface area is 165 Å². The average Bonchev–Trinajstić information content (AvgIpc) is 2.88. The lowest BCUT2D eigenvalue weighted by molar-refractivity contribution is -0.125. The molecule has 2 heterocycles. The monoisotopic (exact) mass is 407 g/mol. The van der Waals surface area contributed by atoms with E-state index < -0.39 is 23.9 Å². The van der Waals surface area contributed by atoms with Crippen LogP contribution in [0.3, 0.4) is 0 Å². The molecular weight excluding hydrogens is 390 g/mol. The molecular formula is C19H18ClNO5S. The second kappa shape index (κ2) is 7.70. The fraction of sp³-hybridized carbons (Fsp3) is 0.316. The first-order chi connectivity index (χ1) is 12.8. The quantitative estimate of drug-likeness (QED) is 0.777. The lowest BCUT2D eigenvalue weighted by atomic mass is 9.98. The molecule has 1 atom stereocenters. The Morgan fingerprint density at radius 1 is 1.37 bits per heavy atom. The van der Waals surface area contributed by atoms with E-state index in [1.807, 2.05) is 6.92 Å². The third-order valence-corrected chi connectivity index (χ3v) is 5.69. The van der Waals surface area contributed by atoms with E-state index in [-0.39, 0.29) is 13.0 Å². The van der Waals surface area contributed by atoms with Crippen LogP contribution in [0, 0.1) is 13.8 Å². The lowest BCUT2D eigenvalue weighted by Crippen LogP contribution is -2.38. The molecule has 1 aliphatic rings. The normalized spacial score (nSPS) is 15.7. The second-order valence-electron chi connectivity index (χ2n) is 6.10. The van der Waals surface area contributed by atoms with Crippen LogP contribution in [-0.2, 0) is 20.7 Å². The molecule has 0 aliphatic carbocycles. The predicted octanol–water partition coefficient (Wildman–Crippen LogP) is 3.92. The van der Waals surface area contributed by atoms with Gasteiger partial charge in [0.1, 0.15) is 5.00 Å². The molecule has 6 nitrogen and oxygen atoms in total. The van der Waals surface area contributed by atoms with Gasteiger partial charge in [0.25, 0.3) is 5.91 Å². The van der Waals surface area contributed by atoms with Crippen molar-refractivity contribution in [3.8, 4) is 0 Å². The number of fused-ring (bicyclic) bond motifs is 1. The van der Waals surface area contributed by atoms with Crippen LogP contribution in [0.25, 0.3) is 0 Å². The Bertz CT molecular complexity index is 936. The highest BCUT2D eigenvalue weighted by atomic mass is 35.5. The number of carbonyl (C=O) groups excluding carboxylic acids is 3. The third kappa shape index (κ3) is 3.84. The molecule has 1 amide bonds. The number of hydrogen-bond acceptors (Lipinski definition) is 6. The third-order valence-electron chi connectivity index (χ3n) is 4.34. The highest BCUT2D eigenvalue weighted by molar-refractivity contribution is 7.16. The molecule has 1 N–H and O–H groups in total. The Morgan fingerprint density at radius 2 is 2.11 bits per heavy atom. The first-order valence-corrected chi connectivity index (χ1v) is 9.58. The van der Waals surface area contributed by atoms with Crippen LogP contribution >= 0.6 is 22.9 Å². The van der Waals surface area contributed by atoms with Gasteiger partial charge < -0.3 is 14.8 Å². The van der Waals surface area contributed by atoms with Crippen LogP contribution in [0.15, 0.2) is 18.2 Å². The summed E-state index contributed by atoms with van der Waals surface area (Å²) in [6.45, 7) is 5.61. The van der Waals surface area contributed by atoms with Gasteiger partial charge in [0.05, 0.1) is 17.7 Å². The van der Waals surface area contributed by atoms with Gasteiger partial charge in [-0.25, -0.2) is 9.59 Å². The lowest BCUT2D eigenvalue weighted by Gasteiger charge is -2.24. The zero-order chi connectivity index (χ0) is 19.7. The number of benzene rings is 1. The molecule has 27 heavy (non-hydrogen) atoms. The van der Waals surface area contributed by atoms with Crippen LogP contribution in [-0.4, -0.2) is 30.6 Å². The first kappa shape index (κ1) is 19.4. The minimum absolute atomic E-state index is 0.214. The van der Waals surface area contributed by atoms with Crippen molar-refractivity contribution in [2.24, 2.45) is 0 Å². The van der Waals surface area contributed by atoms with E-state index in [1.165, 1.54) is 11.3 Å². The van der Waals surface area contributed by atoms with E-state index in [4.69, 9.17) is 21.1 Å². The van der Waals surface area contributed by atoms with E-state index in [9.17, 15) is 14.4 Å². The SMILES string of the molecule is CCOC(=O)c1c(NC(=O)C2Cc3cc(Cl)ccc3C(=O)O2)sc(C)c1C. The van der Waals surface area contributed by atoms with Crippen molar-refractivity contribution in [3.63, 3.8) is 0 Å². The summed E-state index contributed by atoms with van der Waals surface area (Å²) < 4.78 is 10.3. The largest absolute Gasteiger partial charge is 0.462 e. The number of halogens is 1. The number of carbonyl (C=O) groups is 3. The number of anilines is 1. The standard InChI is InChI=1S/C19H18ClNO5S/c1-4-25-19(24)15-9(2)10(3)27-17(15)21-16(22)14-8-11-7-12(20)5-6-13(11)18(23)26-14/h5-7,14H,4,8H2,1-3H3,(H,21,22). The summed E-state index contributed by atoms with van der Waals surface area (Å²) in [5, 5.41) is 3.59. The molecule has 1 unspecified atom stereocenters. The number of hydrogen-bond donors (Lipinski definition) is 1. The minimum atomic E-state index is -0.999. The highest BCUT2D eigenvalue weighted by Crippen LogP contribution is 2.34. The van der Waals surface area contributed by atoms with E-state index in [0.29, 0.717) is 26.7 Å². The molecule has 142 valence electrons. The fourth-order valence-corrected chi connectivity index (χ4v) is 4.11. The number of nitrogens with one attached hydrogen (secondary N) is 1. The zero-order valence-corrected chi connectivity index (χ0v) is 16.6. The Balaban J connectivity index is 1.83. The van der Waals surface area contributed by atoms with Crippen LogP contribution in [0.2, 0.25) is 5.02 Å². The van der Waals surface area contributed by atoms with Gasteiger partial charge in [-0.2, -0.15) is 0 Å². The number of aryl methyl sites for hydroxylation is 1. The Morgan fingerprint density at radius 3 is 2.81 bits per heavy atom. The van der Waals surface area contributed by atoms with Crippen LogP contribution < -0.4 is 5.32 Å². The van der Waals surface area contributed by atoms with Crippen LogP contribution in [0.4, 0.5) is 5.00 Å². The van der Waals surface area contributed by atoms with E-state index in [2.05, 4.69) is 5.32 Å². The second-order valence-corrected chi connectivity index (χ2v) is 7.76. The van der Waals surface area contributed by atoms with Crippen molar-refractivity contribution >= 4 is 45.8 Å². The summed E-state index contributed by atoms with van der Waals surface area (Å²) in [6, 6.07) is 4.84. The van der Waals surface area contributed by atoms with Gasteiger partial charge in [-0.3, -0.25) is 4.79 Å². The van der Waals surface area contributed by atoms with Crippen molar-refractivity contribution in [1.82, 2.24) is 0 Å². The topological polar surface area (TPSA) is 81.7 Å². The highest BCUT2D eigenvalue weighted by Gasteiger charge is 2.33. The van der Waals surface area contributed by atoms with E-state index in [1.54, 1.807) is 32.0 Å². The van der Waals surface area contributed by atoms with Gasteiger partial charge in [-0.05, 0) is 50.1 Å². The Hall–Kier alpha value is -2.38. The number of amides is 1. The maximum atomic E-state index is 12.7. The number of rotatable bonds is 4. The smallest absolute Gasteiger partial charge is 0.341 e. The molecule has 0 saturated carbocycles. The van der Waals surface area contributed by atoms with E-state index in [0.717, 1.165) is 10.4 Å². The molecule has 0 bridgehead atoms. The molecule has 0 saturated heterocycles. The van der Waals surface area contributed by atoms with Crippen molar-refractivity contribution < 1.29 is 23.9 Å². The molecule has 0 radical (unpaired) electrons. The van der Waals surface area contributed by atoms with Gasteiger partial charge >= 0.3 is 11.9 Å². The molecule has 3 rings (SSSR count). The number of esters is 2. The van der Waals surface area contributed by atoms with Crippen molar-refractivity contribution in [1.29, 1.82) is 0 Å². The average molecular weight is 408 g/mol. The van der Waals surface area contributed by atoms with E-state index >= 15 is 0 Å². The number of thiophene rings is 1. The fourth-order valence-electron chi connectivity index (χ4n) is 2.87. The molecule has 0 spiro atoms. The molecule has 1 aliphatic heterocycles. The molecule has 1 aromatic carbocycles. The minimum Gasteiger partial charge on any atom is -0.462 e. The van der Waals surface area contributed by atoms with Gasteiger partial charge in [-0.15, -0.1) is 11.3 Å². The summed E-state index contributed by atoms with van der Waals surface area (Å²) in [5.74, 6) is -1.56. The van der Waals surface area contributed by atoms with Crippen molar-refractivity contribution in [2.45, 2.75) is 33.3 Å². The molecule has 2 aromatic rings. The summed E-state index contributed by atoms with van der Waals surface area (Å²) in [6.07, 6.45) is -0.785. The summed E-state index contributed by atoms with van der Waals surface area (Å²) in [7, 11) is 0. The van der Waals surface area contributed by atoms with Crippen LogP contribution in [0.1, 0.15) is 43.6 Å². The van der Waals surface area contributed by atoms with Gasteiger partial charge in [0, 0.05) is 16.3 Å². The number of ether oxygens (including phenoxy) is 2. The van der Waals surface area contributed by atoms with Crippen LogP contribution in [0.5, 0.6) is 0 Å². The van der Waals surface area contributed by atoms with Gasteiger partial charge in [0.2, 0.25) is 0 Å². The summed E-state index contributed by atoms with van der Waals surface area (Å²) in [4.78, 5) is 38.0. The molecule has 8 heteroatoms. The number of cyclic esters (lactones) is 1. The van der Waals surface area contributed by atoms with Gasteiger partial charge in [0.15, 0.2) is 6.10 Å². The van der Waals surface area contributed by atoms with Gasteiger partial charge in [-0.1, -0.05) is 11.6 Å². The summed E-state index contributed by atoms with van der Waals surface area (Å²) >= 11 is 7.27. The predicted molar refractivity (Wildman–Crippen MR) is 103 cm³/mol. The zero-order valence-electron chi connectivity index (χ0n) is 15.1. The summed E-state index contributed by atoms with van der Waals surface area (Å²) in [5.41, 5.74) is 2.14. The Kier molecular flexibility index (Phi) is 5.53.